The van der Waals surface area contributed by atoms with Gasteiger partial charge in [0.15, 0.2) is 0 Å². The molecule has 1 rings (SSSR count). The zero-order chi connectivity index (χ0) is 10.6. The maximum atomic E-state index is 9.85. The molecule has 3 nitrogen and oxygen atoms in total. The van der Waals surface area contributed by atoms with Crippen LogP contribution in [0.1, 0.15) is 26.2 Å². The van der Waals surface area contributed by atoms with Crippen molar-refractivity contribution in [3.05, 3.63) is 0 Å². The molecule has 84 valence electrons. The molecule has 0 aromatic carbocycles. The second-order valence-corrected chi connectivity index (χ2v) is 4.77. The topological polar surface area (TPSA) is 43.7 Å². The molecule has 1 saturated heterocycles. The van der Waals surface area contributed by atoms with Crippen LogP contribution in [0.4, 0.5) is 0 Å². The Kier molecular flexibility index (Phi) is 4.64. The van der Waals surface area contributed by atoms with E-state index in [4.69, 9.17) is 11.6 Å². The minimum absolute atomic E-state index is 0.285. The van der Waals surface area contributed by atoms with E-state index in [1.807, 2.05) is 6.92 Å². The number of nitrogens with zero attached hydrogens (tertiary/aromatic N) is 1. The minimum atomic E-state index is -0.527. The van der Waals surface area contributed by atoms with E-state index in [-0.39, 0.29) is 5.88 Å². The predicted octanol–water partition coefficient (Wildman–Crippen LogP) is 0.823. The van der Waals surface area contributed by atoms with Crippen molar-refractivity contribution in [3.8, 4) is 0 Å². The molecule has 2 atom stereocenters. The summed E-state index contributed by atoms with van der Waals surface area (Å²) in [6, 6.07) is 0. The van der Waals surface area contributed by atoms with Gasteiger partial charge in [0.25, 0.3) is 0 Å². The number of alkyl halides is 1. The highest BCUT2D eigenvalue weighted by Gasteiger charge is 2.25. The number of halogens is 1. The van der Waals surface area contributed by atoms with Crippen LogP contribution in [0.5, 0.6) is 0 Å². The highest BCUT2D eigenvalue weighted by Crippen LogP contribution is 2.21. The Hall–Kier alpha value is 0.170. The van der Waals surface area contributed by atoms with E-state index in [9.17, 15) is 10.2 Å². The van der Waals surface area contributed by atoms with Gasteiger partial charge in [0.05, 0.1) is 11.7 Å². The molecule has 0 aromatic heterocycles. The van der Waals surface area contributed by atoms with Crippen molar-refractivity contribution in [2.45, 2.75) is 37.9 Å². The summed E-state index contributed by atoms with van der Waals surface area (Å²) < 4.78 is 0. The Bertz CT molecular complexity index is 176. The fraction of sp³-hybridized carbons (Fsp3) is 1.00. The first-order valence-corrected chi connectivity index (χ1v) is 5.76. The van der Waals surface area contributed by atoms with Gasteiger partial charge in [-0.3, -0.25) is 0 Å². The predicted molar refractivity (Wildman–Crippen MR) is 57.6 cm³/mol. The molecule has 1 heterocycles. The third kappa shape index (κ3) is 4.13. The van der Waals surface area contributed by atoms with E-state index in [1.54, 1.807) is 0 Å². The number of hydrogen-bond donors (Lipinski definition) is 2. The Balaban J connectivity index is 2.35. The third-order valence-corrected chi connectivity index (χ3v) is 3.16. The van der Waals surface area contributed by atoms with E-state index in [2.05, 4.69) is 4.90 Å². The molecule has 1 aliphatic heterocycles. The lowest BCUT2D eigenvalue weighted by Gasteiger charge is -2.23. The lowest BCUT2D eigenvalue weighted by molar-refractivity contribution is 0.0427. The molecule has 0 amide bonds. The number of aliphatic hydroxyl groups excluding tert-OH is 1. The average molecular weight is 222 g/mol. The highest BCUT2D eigenvalue weighted by molar-refractivity contribution is 6.18. The smallest absolute Gasteiger partial charge is 0.0802 e. The van der Waals surface area contributed by atoms with Crippen molar-refractivity contribution in [1.29, 1.82) is 0 Å². The monoisotopic (exact) mass is 221 g/mol. The summed E-state index contributed by atoms with van der Waals surface area (Å²) >= 11 is 5.54. The molecule has 14 heavy (non-hydrogen) atoms. The molecule has 0 bridgehead atoms. The van der Waals surface area contributed by atoms with Gasteiger partial charge in [-0.1, -0.05) is 0 Å². The van der Waals surface area contributed by atoms with Crippen molar-refractivity contribution in [2.75, 3.05) is 25.5 Å². The van der Waals surface area contributed by atoms with Crippen molar-refractivity contribution in [2.24, 2.45) is 0 Å². The Morgan fingerprint density at radius 1 is 1.43 bits per heavy atom. The Morgan fingerprint density at radius 2 is 2.14 bits per heavy atom. The average Bonchev–Trinajstić information content (AvgIpc) is 2.28. The van der Waals surface area contributed by atoms with Crippen LogP contribution in [-0.2, 0) is 0 Å². The molecule has 0 radical (unpaired) electrons. The van der Waals surface area contributed by atoms with E-state index in [0.717, 1.165) is 32.4 Å². The van der Waals surface area contributed by atoms with Gasteiger partial charge in [0.2, 0.25) is 0 Å². The van der Waals surface area contributed by atoms with Gasteiger partial charge in [-0.15, -0.1) is 11.6 Å². The normalized spacial score (nSPS) is 32.6. The van der Waals surface area contributed by atoms with Crippen LogP contribution in [0.25, 0.3) is 0 Å². The molecule has 0 aromatic rings. The van der Waals surface area contributed by atoms with Crippen molar-refractivity contribution >= 4 is 11.6 Å². The van der Waals surface area contributed by atoms with Gasteiger partial charge >= 0.3 is 0 Å². The van der Waals surface area contributed by atoms with E-state index in [1.165, 1.54) is 0 Å². The van der Waals surface area contributed by atoms with Gasteiger partial charge in [-0.2, -0.15) is 0 Å². The summed E-state index contributed by atoms with van der Waals surface area (Å²) in [7, 11) is 0. The first-order valence-electron chi connectivity index (χ1n) is 5.22. The summed E-state index contributed by atoms with van der Waals surface area (Å²) in [5, 5.41) is 19.2. The van der Waals surface area contributed by atoms with Crippen molar-refractivity contribution in [3.63, 3.8) is 0 Å². The maximum absolute atomic E-state index is 9.85. The summed E-state index contributed by atoms with van der Waals surface area (Å²) in [5.74, 6) is 0.285. The van der Waals surface area contributed by atoms with Gasteiger partial charge in [0.1, 0.15) is 0 Å². The first kappa shape index (κ1) is 12.2. The molecular weight excluding hydrogens is 202 g/mol. The molecule has 4 heteroatoms. The van der Waals surface area contributed by atoms with Crippen LogP contribution in [-0.4, -0.2) is 52.3 Å². The Labute approximate surface area is 90.7 Å². The van der Waals surface area contributed by atoms with Crippen LogP contribution >= 0.6 is 11.6 Å². The lowest BCUT2D eigenvalue weighted by Crippen LogP contribution is -2.35. The summed E-state index contributed by atoms with van der Waals surface area (Å²) in [6.07, 6.45) is 2.17. The number of rotatable bonds is 3. The fourth-order valence-electron chi connectivity index (χ4n) is 1.85. The molecule has 1 fully saturated rings. The number of likely N-dealkylation sites (tertiary alicyclic amines) is 1. The van der Waals surface area contributed by atoms with Gasteiger partial charge in [-0.25, -0.2) is 0 Å². The molecule has 2 N–H and O–H groups in total. The number of aliphatic hydroxyl groups is 2. The molecule has 0 spiro atoms. The third-order valence-electron chi connectivity index (χ3n) is 2.80. The standard InChI is InChI=1S/C10H20ClNO2/c1-10(14)3-2-5-12(6-4-10)8-9(13)7-11/h9,13-14H,2-8H2,1H3. The quantitative estimate of drug-likeness (QED) is 0.694. The van der Waals surface area contributed by atoms with E-state index in [0.29, 0.717) is 6.54 Å². The molecule has 0 saturated carbocycles. The van der Waals surface area contributed by atoms with Crippen molar-refractivity contribution < 1.29 is 10.2 Å². The van der Waals surface area contributed by atoms with Crippen LogP contribution < -0.4 is 0 Å². The lowest BCUT2D eigenvalue weighted by atomic mass is 9.98. The molecule has 1 aliphatic rings. The second-order valence-electron chi connectivity index (χ2n) is 4.46. The van der Waals surface area contributed by atoms with Crippen molar-refractivity contribution in [1.82, 2.24) is 4.90 Å². The van der Waals surface area contributed by atoms with Crippen LogP contribution in [0.15, 0.2) is 0 Å². The summed E-state index contributed by atoms with van der Waals surface area (Å²) in [5.41, 5.74) is -0.527. The van der Waals surface area contributed by atoms with Crippen LogP contribution in [0.2, 0.25) is 0 Å². The maximum Gasteiger partial charge on any atom is 0.0802 e. The number of β-amino-alcohol motifs (C(OH)–C–C–N with tert-alkyl or cyclic N) is 1. The first-order chi connectivity index (χ1) is 6.53. The second kappa shape index (κ2) is 5.31. The highest BCUT2D eigenvalue weighted by atomic mass is 35.5. The van der Waals surface area contributed by atoms with Gasteiger partial charge in [-0.05, 0) is 32.7 Å². The summed E-state index contributed by atoms with van der Waals surface area (Å²) in [4.78, 5) is 2.18. The number of hydrogen-bond acceptors (Lipinski definition) is 3. The zero-order valence-electron chi connectivity index (χ0n) is 8.75. The fourth-order valence-corrected chi connectivity index (χ4v) is 1.95. The summed E-state index contributed by atoms with van der Waals surface area (Å²) in [6.45, 7) is 4.30. The zero-order valence-corrected chi connectivity index (χ0v) is 9.50. The van der Waals surface area contributed by atoms with E-state index < -0.39 is 11.7 Å². The van der Waals surface area contributed by atoms with E-state index >= 15 is 0 Å². The largest absolute Gasteiger partial charge is 0.391 e. The van der Waals surface area contributed by atoms with Crippen LogP contribution in [0, 0.1) is 0 Å². The Morgan fingerprint density at radius 3 is 2.79 bits per heavy atom. The molecular formula is C10H20ClNO2. The van der Waals surface area contributed by atoms with Crippen LogP contribution in [0.3, 0.4) is 0 Å². The van der Waals surface area contributed by atoms with Gasteiger partial charge in [0, 0.05) is 19.0 Å². The minimum Gasteiger partial charge on any atom is -0.391 e. The SMILES string of the molecule is CC1(O)CCCN(CC(O)CCl)CC1. The molecule has 0 aliphatic carbocycles. The van der Waals surface area contributed by atoms with Gasteiger partial charge < -0.3 is 15.1 Å². The molecule has 2 unspecified atom stereocenters.